The van der Waals surface area contributed by atoms with Crippen LogP contribution in [-0.4, -0.2) is 18.8 Å². The molecule has 18 heavy (non-hydrogen) atoms. The van der Waals surface area contributed by atoms with Crippen molar-refractivity contribution < 1.29 is 9.31 Å². The Kier molecular flexibility index (Phi) is 2.71. The highest BCUT2D eigenvalue weighted by molar-refractivity contribution is 6.47. The summed E-state index contributed by atoms with van der Waals surface area (Å²) < 4.78 is 12.7. The van der Waals surface area contributed by atoms with Gasteiger partial charge in [0.25, 0.3) is 0 Å². The van der Waals surface area contributed by atoms with E-state index in [0.717, 1.165) is 5.92 Å². The summed E-state index contributed by atoms with van der Waals surface area (Å²) >= 11 is 0. The zero-order valence-electron chi connectivity index (χ0n) is 12.7. The molecular weight excluding hydrogens is 223 g/mol. The molecule has 3 aliphatic carbocycles. The van der Waals surface area contributed by atoms with Crippen molar-refractivity contribution in [1.29, 1.82) is 0 Å². The van der Waals surface area contributed by atoms with Crippen molar-refractivity contribution in [3.8, 4) is 0 Å². The van der Waals surface area contributed by atoms with Crippen molar-refractivity contribution >= 4 is 7.12 Å². The topological polar surface area (TPSA) is 18.5 Å². The minimum atomic E-state index is -0.0356. The molecule has 0 amide bonds. The van der Waals surface area contributed by atoms with Gasteiger partial charge in [-0.05, 0) is 48.8 Å². The summed E-state index contributed by atoms with van der Waals surface area (Å²) in [6, 6.07) is 0. The van der Waals surface area contributed by atoms with E-state index in [1.54, 1.807) is 0 Å². The van der Waals surface area contributed by atoms with E-state index in [0.29, 0.717) is 29.2 Å². The molecule has 2 nitrogen and oxygen atoms in total. The maximum Gasteiger partial charge on any atom is 0.460 e. The maximum absolute atomic E-state index is 6.44. The van der Waals surface area contributed by atoms with Crippen LogP contribution in [0, 0.1) is 23.2 Å². The first-order chi connectivity index (χ1) is 8.26. The molecule has 102 valence electrons. The molecule has 4 rings (SSSR count). The first-order valence-corrected chi connectivity index (χ1v) is 7.60. The van der Waals surface area contributed by atoms with Crippen LogP contribution in [0.2, 0.25) is 5.82 Å². The zero-order chi connectivity index (χ0) is 13.3. The van der Waals surface area contributed by atoms with Gasteiger partial charge in [0.05, 0.1) is 11.7 Å². The van der Waals surface area contributed by atoms with Gasteiger partial charge >= 0.3 is 7.12 Å². The Bertz CT molecular complexity index is 354. The molecule has 0 aromatic rings. The van der Waals surface area contributed by atoms with Gasteiger partial charge in [-0.1, -0.05) is 34.6 Å². The molecule has 3 saturated carbocycles. The lowest BCUT2D eigenvalue weighted by Gasteiger charge is -2.64. The molecule has 0 aromatic carbocycles. The summed E-state index contributed by atoms with van der Waals surface area (Å²) in [7, 11) is 0.00940. The van der Waals surface area contributed by atoms with E-state index >= 15 is 0 Å². The molecule has 0 spiro atoms. The van der Waals surface area contributed by atoms with Crippen molar-refractivity contribution in [2.45, 2.75) is 71.9 Å². The molecule has 1 saturated heterocycles. The smallest absolute Gasteiger partial charge is 0.405 e. The summed E-state index contributed by atoms with van der Waals surface area (Å²) in [5.74, 6) is 2.62. The van der Waals surface area contributed by atoms with E-state index in [-0.39, 0.29) is 12.7 Å². The normalized spacial score (nSPS) is 46.8. The molecule has 3 heteroatoms. The standard InChI is InChI=1S/C15H27BO2/c1-9(2)10(3)16-17-13-8-11-7-12(14(11,4)5)15(13,6)18-16/h9-13H,7-8H2,1-6H3/t10-,11?,12?,13-,15+/m1/s1. The van der Waals surface area contributed by atoms with Gasteiger partial charge in [0.1, 0.15) is 0 Å². The minimum absolute atomic E-state index is 0.00940. The third-order valence-corrected chi connectivity index (χ3v) is 6.45. The Labute approximate surface area is 112 Å². The fourth-order valence-electron chi connectivity index (χ4n) is 4.44. The van der Waals surface area contributed by atoms with Crippen LogP contribution in [0.5, 0.6) is 0 Å². The van der Waals surface area contributed by atoms with Crippen molar-refractivity contribution in [2.75, 3.05) is 0 Å². The van der Waals surface area contributed by atoms with Gasteiger partial charge in [-0.3, -0.25) is 0 Å². The summed E-state index contributed by atoms with van der Waals surface area (Å²) in [5.41, 5.74) is 0.413. The van der Waals surface area contributed by atoms with Gasteiger partial charge in [-0.2, -0.15) is 0 Å². The van der Waals surface area contributed by atoms with E-state index in [2.05, 4.69) is 41.5 Å². The molecule has 2 unspecified atom stereocenters. The van der Waals surface area contributed by atoms with Crippen LogP contribution < -0.4 is 0 Å². The summed E-state index contributed by atoms with van der Waals surface area (Å²) in [6.45, 7) is 13.9. The fraction of sp³-hybridized carbons (Fsp3) is 1.00. The SMILES string of the molecule is CC(C)[C@@H](C)B1O[C@@H]2CC3CC(C3(C)C)[C@]2(C)O1. The maximum atomic E-state index is 6.44. The highest BCUT2D eigenvalue weighted by Gasteiger charge is 2.68. The third kappa shape index (κ3) is 1.50. The largest absolute Gasteiger partial charge is 0.460 e. The lowest BCUT2D eigenvalue weighted by atomic mass is 9.43. The van der Waals surface area contributed by atoms with Gasteiger partial charge in [0.2, 0.25) is 0 Å². The third-order valence-electron chi connectivity index (χ3n) is 6.45. The molecule has 4 fully saturated rings. The molecule has 1 aliphatic heterocycles. The summed E-state index contributed by atoms with van der Waals surface area (Å²) in [6.07, 6.45) is 2.87. The van der Waals surface area contributed by atoms with Gasteiger partial charge in [0, 0.05) is 0 Å². The van der Waals surface area contributed by atoms with Crippen LogP contribution in [-0.2, 0) is 9.31 Å². The average Bonchev–Trinajstić information content (AvgIpc) is 2.63. The molecule has 0 aromatic heterocycles. The number of hydrogen-bond donors (Lipinski definition) is 0. The van der Waals surface area contributed by atoms with Crippen molar-refractivity contribution in [3.63, 3.8) is 0 Å². The van der Waals surface area contributed by atoms with Crippen molar-refractivity contribution in [1.82, 2.24) is 0 Å². The van der Waals surface area contributed by atoms with Crippen molar-refractivity contribution in [2.24, 2.45) is 23.2 Å². The predicted octanol–water partition coefficient (Wildman–Crippen LogP) is 3.76. The number of hydrogen-bond acceptors (Lipinski definition) is 2. The van der Waals surface area contributed by atoms with Gasteiger partial charge < -0.3 is 9.31 Å². The molecule has 1 heterocycles. The lowest BCUT2D eigenvalue weighted by Crippen LogP contribution is -2.65. The van der Waals surface area contributed by atoms with Gasteiger partial charge in [0.15, 0.2) is 0 Å². The Morgan fingerprint density at radius 3 is 2.33 bits per heavy atom. The highest BCUT2D eigenvalue weighted by Crippen LogP contribution is 2.66. The Balaban J connectivity index is 1.81. The Hall–Kier alpha value is -0.0151. The number of rotatable bonds is 2. The van der Waals surface area contributed by atoms with Crippen LogP contribution >= 0.6 is 0 Å². The second-order valence-electron chi connectivity index (χ2n) is 7.94. The lowest BCUT2D eigenvalue weighted by molar-refractivity contribution is -0.199. The van der Waals surface area contributed by atoms with Gasteiger partial charge in [-0.15, -0.1) is 0 Å². The first-order valence-electron chi connectivity index (χ1n) is 7.60. The van der Waals surface area contributed by atoms with Crippen LogP contribution in [0.25, 0.3) is 0 Å². The van der Waals surface area contributed by atoms with Crippen LogP contribution in [0.4, 0.5) is 0 Å². The van der Waals surface area contributed by atoms with Crippen LogP contribution in [0.1, 0.15) is 54.4 Å². The minimum Gasteiger partial charge on any atom is -0.405 e. The molecule has 0 N–H and O–H groups in total. The Morgan fingerprint density at radius 1 is 1.11 bits per heavy atom. The fourth-order valence-corrected chi connectivity index (χ4v) is 4.44. The molecule has 4 aliphatic rings. The van der Waals surface area contributed by atoms with E-state index < -0.39 is 0 Å². The highest BCUT2D eigenvalue weighted by atomic mass is 16.7. The quantitative estimate of drug-likeness (QED) is 0.695. The molecular formula is C15H27BO2. The molecule has 0 radical (unpaired) electrons. The van der Waals surface area contributed by atoms with E-state index in [4.69, 9.17) is 9.31 Å². The second kappa shape index (κ2) is 3.76. The first kappa shape index (κ1) is 13.0. The average molecular weight is 250 g/mol. The summed E-state index contributed by atoms with van der Waals surface area (Å²) in [5, 5.41) is 0. The summed E-state index contributed by atoms with van der Waals surface area (Å²) in [4.78, 5) is 0. The van der Waals surface area contributed by atoms with Crippen LogP contribution in [0.15, 0.2) is 0 Å². The van der Waals surface area contributed by atoms with E-state index in [9.17, 15) is 0 Å². The van der Waals surface area contributed by atoms with E-state index in [1.165, 1.54) is 12.8 Å². The predicted molar refractivity (Wildman–Crippen MR) is 74.4 cm³/mol. The van der Waals surface area contributed by atoms with Crippen LogP contribution in [0.3, 0.4) is 0 Å². The van der Waals surface area contributed by atoms with Crippen molar-refractivity contribution in [3.05, 3.63) is 0 Å². The molecule has 5 atom stereocenters. The zero-order valence-corrected chi connectivity index (χ0v) is 12.7. The monoisotopic (exact) mass is 250 g/mol. The second-order valence-corrected chi connectivity index (χ2v) is 7.94. The van der Waals surface area contributed by atoms with E-state index in [1.807, 2.05) is 0 Å². The Morgan fingerprint density at radius 2 is 1.78 bits per heavy atom. The van der Waals surface area contributed by atoms with Gasteiger partial charge in [-0.25, -0.2) is 0 Å². The molecule has 2 bridgehead atoms.